The molecule has 0 spiro atoms. The minimum atomic E-state index is 0.0781. The van der Waals surface area contributed by atoms with Crippen LogP contribution in [0.2, 0.25) is 0 Å². The zero-order valence-electron chi connectivity index (χ0n) is 10.5. The van der Waals surface area contributed by atoms with Gasteiger partial charge in [0.25, 0.3) is 5.91 Å². The Balaban J connectivity index is 1.99. The highest BCUT2D eigenvalue weighted by Crippen LogP contribution is 2.10. The molecule has 1 saturated heterocycles. The van der Waals surface area contributed by atoms with Crippen LogP contribution in [-0.2, 0) is 7.05 Å². The van der Waals surface area contributed by atoms with E-state index in [1.54, 1.807) is 17.1 Å². The van der Waals surface area contributed by atoms with Gasteiger partial charge in [-0.1, -0.05) is 0 Å². The summed E-state index contributed by atoms with van der Waals surface area (Å²) in [5, 5.41) is 7.46. The SMILES string of the molecule is CCN(CC1CCCN1)C(=O)c1cnn(C)c1. The Morgan fingerprint density at radius 1 is 1.71 bits per heavy atom. The van der Waals surface area contributed by atoms with Crippen LogP contribution in [0.4, 0.5) is 0 Å². The van der Waals surface area contributed by atoms with Gasteiger partial charge in [0.1, 0.15) is 0 Å². The largest absolute Gasteiger partial charge is 0.337 e. The number of aryl methyl sites for hydroxylation is 1. The van der Waals surface area contributed by atoms with Crippen molar-refractivity contribution in [3.05, 3.63) is 18.0 Å². The van der Waals surface area contributed by atoms with Crippen molar-refractivity contribution in [2.45, 2.75) is 25.8 Å². The van der Waals surface area contributed by atoms with Crippen LogP contribution in [0.3, 0.4) is 0 Å². The van der Waals surface area contributed by atoms with Crippen LogP contribution in [0.1, 0.15) is 30.1 Å². The summed E-state index contributed by atoms with van der Waals surface area (Å²) in [4.78, 5) is 14.1. The lowest BCUT2D eigenvalue weighted by Gasteiger charge is -2.23. The average molecular weight is 236 g/mol. The second kappa shape index (κ2) is 5.31. The molecular formula is C12H20N4O. The number of carbonyl (C=O) groups is 1. The van der Waals surface area contributed by atoms with Gasteiger partial charge in [-0.3, -0.25) is 9.48 Å². The first kappa shape index (κ1) is 12.1. The van der Waals surface area contributed by atoms with Crippen LogP contribution in [-0.4, -0.2) is 46.3 Å². The van der Waals surface area contributed by atoms with E-state index < -0.39 is 0 Å². The first-order valence-corrected chi connectivity index (χ1v) is 6.22. The van der Waals surface area contributed by atoms with Crippen LogP contribution in [0.15, 0.2) is 12.4 Å². The zero-order valence-corrected chi connectivity index (χ0v) is 10.5. The van der Waals surface area contributed by atoms with Crippen LogP contribution in [0.5, 0.6) is 0 Å². The van der Waals surface area contributed by atoms with Gasteiger partial charge in [-0.15, -0.1) is 0 Å². The third-order valence-corrected chi connectivity index (χ3v) is 3.22. The number of nitrogens with one attached hydrogen (secondary N) is 1. The molecule has 17 heavy (non-hydrogen) atoms. The first-order valence-electron chi connectivity index (χ1n) is 6.22. The molecule has 1 aromatic rings. The summed E-state index contributed by atoms with van der Waals surface area (Å²) in [6.07, 6.45) is 5.78. The minimum Gasteiger partial charge on any atom is -0.337 e. The summed E-state index contributed by atoms with van der Waals surface area (Å²) in [5.41, 5.74) is 0.673. The molecule has 0 saturated carbocycles. The lowest BCUT2D eigenvalue weighted by molar-refractivity contribution is 0.0751. The van der Waals surface area contributed by atoms with Gasteiger partial charge in [0, 0.05) is 32.4 Å². The highest BCUT2D eigenvalue weighted by Gasteiger charge is 2.21. The van der Waals surface area contributed by atoms with Crippen molar-refractivity contribution in [2.75, 3.05) is 19.6 Å². The Labute approximate surface area is 102 Å². The topological polar surface area (TPSA) is 50.2 Å². The van der Waals surface area contributed by atoms with Gasteiger partial charge in [0.2, 0.25) is 0 Å². The van der Waals surface area contributed by atoms with Gasteiger partial charge < -0.3 is 10.2 Å². The maximum absolute atomic E-state index is 12.2. The van der Waals surface area contributed by atoms with Gasteiger partial charge in [-0.25, -0.2) is 0 Å². The fraction of sp³-hybridized carbons (Fsp3) is 0.667. The van der Waals surface area contributed by atoms with Gasteiger partial charge in [0.05, 0.1) is 11.8 Å². The summed E-state index contributed by atoms with van der Waals surface area (Å²) in [5.74, 6) is 0.0781. The maximum Gasteiger partial charge on any atom is 0.257 e. The molecule has 1 amide bonds. The number of hydrogen-bond donors (Lipinski definition) is 1. The number of hydrogen-bond acceptors (Lipinski definition) is 3. The third kappa shape index (κ3) is 2.85. The van der Waals surface area contributed by atoms with Gasteiger partial charge in [-0.05, 0) is 26.3 Å². The Kier molecular flexibility index (Phi) is 3.78. The van der Waals surface area contributed by atoms with E-state index in [1.165, 1.54) is 6.42 Å². The molecule has 94 valence electrons. The predicted molar refractivity (Wildman–Crippen MR) is 65.8 cm³/mol. The average Bonchev–Trinajstić information content (AvgIpc) is 2.96. The molecule has 1 fully saturated rings. The van der Waals surface area contributed by atoms with E-state index in [-0.39, 0.29) is 5.91 Å². The van der Waals surface area contributed by atoms with E-state index in [0.29, 0.717) is 11.6 Å². The van der Waals surface area contributed by atoms with Crippen molar-refractivity contribution in [2.24, 2.45) is 7.05 Å². The molecule has 1 unspecified atom stereocenters. The quantitative estimate of drug-likeness (QED) is 0.834. The molecule has 5 heteroatoms. The van der Waals surface area contributed by atoms with Crippen molar-refractivity contribution in [3.63, 3.8) is 0 Å². The van der Waals surface area contributed by atoms with Crippen LogP contribution >= 0.6 is 0 Å². The van der Waals surface area contributed by atoms with E-state index in [2.05, 4.69) is 10.4 Å². The smallest absolute Gasteiger partial charge is 0.257 e. The molecule has 0 bridgehead atoms. The Bertz CT molecular complexity index is 382. The monoisotopic (exact) mass is 236 g/mol. The second-order valence-electron chi connectivity index (χ2n) is 4.54. The summed E-state index contributed by atoms with van der Waals surface area (Å²) in [6, 6.07) is 0.454. The van der Waals surface area contributed by atoms with Crippen molar-refractivity contribution >= 4 is 5.91 Å². The molecule has 0 aliphatic carbocycles. The molecule has 2 heterocycles. The van der Waals surface area contributed by atoms with Gasteiger partial charge >= 0.3 is 0 Å². The Morgan fingerprint density at radius 2 is 2.53 bits per heavy atom. The van der Waals surface area contributed by atoms with Crippen LogP contribution in [0.25, 0.3) is 0 Å². The van der Waals surface area contributed by atoms with Crippen molar-refractivity contribution in [3.8, 4) is 0 Å². The lowest BCUT2D eigenvalue weighted by Crippen LogP contribution is -2.40. The summed E-state index contributed by atoms with van der Waals surface area (Å²) in [6.45, 7) is 4.63. The maximum atomic E-state index is 12.2. The van der Waals surface area contributed by atoms with Gasteiger partial charge in [-0.2, -0.15) is 5.10 Å². The highest BCUT2D eigenvalue weighted by atomic mass is 16.2. The number of carbonyl (C=O) groups excluding carboxylic acids is 1. The van der Waals surface area contributed by atoms with E-state index in [9.17, 15) is 4.79 Å². The van der Waals surface area contributed by atoms with Crippen LogP contribution in [0, 0.1) is 0 Å². The molecule has 1 N–H and O–H groups in total. The van der Waals surface area contributed by atoms with Crippen molar-refractivity contribution < 1.29 is 4.79 Å². The fourth-order valence-electron chi connectivity index (χ4n) is 2.25. The Morgan fingerprint density at radius 3 is 3.06 bits per heavy atom. The Hall–Kier alpha value is -1.36. The fourth-order valence-corrected chi connectivity index (χ4v) is 2.25. The van der Waals surface area contributed by atoms with E-state index in [4.69, 9.17) is 0 Å². The standard InChI is InChI=1S/C12H20N4O/c1-3-16(9-11-5-4-6-13-11)12(17)10-7-14-15(2)8-10/h7-8,11,13H,3-6,9H2,1-2H3. The van der Waals surface area contributed by atoms with Crippen molar-refractivity contribution in [1.82, 2.24) is 20.0 Å². The number of rotatable bonds is 4. The van der Waals surface area contributed by atoms with Gasteiger partial charge in [0.15, 0.2) is 0 Å². The highest BCUT2D eigenvalue weighted by molar-refractivity contribution is 5.93. The lowest BCUT2D eigenvalue weighted by atomic mass is 10.2. The number of likely N-dealkylation sites (N-methyl/N-ethyl adjacent to an activating group) is 1. The molecule has 1 aliphatic rings. The molecule has 1 aliphatic heterocycles. The molecule has 1 atom stereocenters. The molecule has 0 radical (unpaired) electrons. The molecule has 0 aromatic carbocycles. The summed E-state index contributed by atoms with van der Waals surface area (Å²) >= 11 is 0. The summed E-state index contributed by atoms with van der Waals surface area (Å²) in [7, 11) is 1.82. The predicted octanol–water partition coefficient (Wildman–Crippen LogP) is 0.634. The zero-order chi connectivity index (χ0) is 12.3. The molecule has 1 aromatic heterocycles. The molecule has 5 nitrogen and oxygen atoms in total. The molecular weight excluding hydrogens is 216 g/mol. The second-order valence-corrected chi connectivity index (χ2v) is 4.54. The third-order valence-electron chi connectivity index (χ3n) is 3.22. The number of amides is 1. The van der Waals surface area contributed by atoms with Crippen molar-refractivity contribution in [1.29, 1.82) is 0 Å². The summed E-state index contributed by atoms with van der Waals surface area (Å²) < 4.78 is 1.66. The number of aromatic nitrogens is 2. The first-order chi connectivity index (χ1) is 8.20. The molecule has 2 rings (SSSR count). The minimum absolute atomic E-state index is 0.0781. The van der Waals surface area contributed by atoms with Crippen LogP contribution < -0.4 is 5.32 Å². The number of nitrogens with zero attached hydrogens (tertiary/aromatic N) is 3. The van der Waals surface area contributed by atoms with E-state index in [0.717, 1.165) is 26.1 Å². The van der Waals surface area contributed by atoms with E-state index in [1.807, 2.05) is 18.9 Å². The van der Waals surface area contributed by atoms with E-state index >= 15 is 0 Å². The normalized spacial score (nSPS) is 19.5.